The normalized spacial score (nSPS) is 18.1. The number of fused-ring (bicyclic) bond motifs is 1. The van der Waals surface area contributed by atoms with E-state index in [0.29, 0.717) is 32.8 Å². The molecule has 0 radical (unpaired) electrons. The average molecular weight is 404 g/mol. The van der Waals surface area contributed by atoms with Crippen LogP contribution in [0.2, 0.25) is 5.02 Å². The number of hydrogen-bond acceptors (Lipinski definition) is 6. The second kappa shape index (κ2) is 7.17. The highest BCUT2D eigenvalue weighted by Crippen LogP contribution is 2.39. The molecular formula is C19H14ClNO5S. The molecule has 138 valence electrons. The third-order valence-corrected chi connectivity index (χ3v) is 5.27. The molecule has 2 aliphatic rings. The zero-order chi connectivity index (χ0) is 19.0. The summed E-state index contributed by atoms with van der Waals surface area (Å²) in [5.74, 6) is 1.42. The van der Waals surface area contributed by atoms with E-state index >= 15 is 0 Å². The molecule has 8 heteroatoms. The number of allylic oxidation sites excluding steroid dienone is 2. The number of carbonyl (C=O) groups is 2. The molecule has 0 spiro atoms. The molecule has 2 aliphatic heterocycles. The standard InChI is InChI=1S/C19H14ClNO5S/c1-11(5-13-3-2-4-24-13)6-17-18(22)21(19(23)27-17)9-12-7-15-16(8-14(12)20)26-10-25-15/h2-8H,9-10H2,1H3/b11-5+,17-6-. The number of benzene rings is 1. The van der Waals surface area contributed by atoms with Crippen LogP contribution < -0.4 is 9.47 Å². The van der Waals surface area contributed by atoms with E-state index in [0.717, 1.165) is 17.3 Å². The van der Waals surface area contributed by atoms with Crippen molar-refractivity contribution in [2.75, 3.05) is 6.79 Å². The summed E-state index contributed by atoms with van der Waals surface area (Å²) in [6, 6.07) is 6.91. The number of furan rings is 1. The monoisotopic (exact) mass is 403 g/mol. The molecule has 1 aromatic heterocycles. The van der Waals surface area contributed by atoms with Gasteiger partial charge in [0.1, 0.15) is 5.76 Å². The Morgan fingerprint density at radius 2 is 2.07 bits per heavy atom. The van der Waals surface area contributed by atoms with Gasteiger partial charge in [-0.05, 0) is 60.2 Å². The Morgan fingerprint density at radius 3 is 2.81 bits per heavy atom. The fraction of sp³-hybridized carbons (Fsp3) is 0.158. The van der Waals surface area contributed by atoms with Crippen molar-refractivity contribution in [3.63, 3.8) is 0 Å². The highest BCUT2D eigenvalue weighted by atomic mass is 35.5. The number of imide groups is 1. The van der Waals surface area contributed by atoms with Crippen LogP contribution in [0.15, 0.2) is 51.5 Å². The zero-order valence-electron chi connectivity index (χ0n) is 14.2. The van der Waals surface area contributed by atoms with Crippen LogP contribution in [0.4, 0.5) is 4.79 Å². The molecule has 0 unspecified atom stereocenters. The van der Waals surface area contributed by atoms with Gasteiger partial charge in [-0.1, -0.05) is 11.6 Å². The number of carbonyl (C=O) groups excluding carboxylic acids is 2. The van der Waals surface area contributed by atoms with Crippen LogP contribution in [0.3, 0.4) is 0 Å². The Labute approximate surface area is 164 Å². The van der Waals surface area contributed by atoms with E-state index in [1.54, 1.807) is 36.6 Å². The van der Waals surface area contributed by atoms with Gasteiger partial charge in [-0.2, -0.15) is 0 Å². The molecule has 2 amide bonds. The fourth-order valence-corrected chi connectivity index (χ4v) is 3.83. The van der Waals surface area contributed by atoms with Crippen molar-refractivity contribution >= 4 is 40.6 Å². The maximum Gasteiger partial charge on any atom is 0.293 e. The van der Waals surface area contributed by atoms with Gasteiger partial charge < -0.3 is 13.9 Å². The lowest BCUT2D eigenvalue weighted by molar-refractivity contribution is -0.123. The van der Waals surface area contributed by atoms with Crippen molar-refractivity contribution in [1.29, 1.82) is 0 Å². The molecule has 1 saturated heterocycles. The lowest BCUT2D eigenvalue weighted by Crippen LogP contribution is -2.27. The van der Waals surface area contributed by atoms with Crippen LogP contribution >= 0.6 is 23.4 Å². The minimum absolute atomic E-state index is 0.0679. The largest absolute Gasteiger partial charge is 0.465 e. The summed E-state index contributed by atoms with van der Waals surface area (Å²) >= 11 is 7.16. The molecule has 0 saturated carbocycles. The maximum atomic E-state index is 12.7. The van der Waals surface area contributed by atoms with Crippen molar-refractivity contribution in [2.45, 2.75) is 13.5 Å². The molecule has 0 bridgehead atoms. The summed E-state index contributed by atoms with van der Waals surface area (Å²) < 4.78 is 15.9. The predicted octanol–water partition coefficient (Wildman–Crippen LogP) is 4.84. The summed E-state index contributed by atoms with van der Waals surface area (Å²) in [5.41, 5.74) is 1.42. The summed E-state index contributed by atoms with van der Waals surface area (Å²) in [4.78, 5) is 26.5. The lowest BCUT2D eigenvalue weighted by Gasteiger charge is -2.14. The Balaban J connectivity index is 1.54. The molecule has 1 fully saturated rings. The van der Waals surface area contributed by atoms with Crippen molar-refractivity contribution in [3.8, 4) is 11.5 Å². The Morgan fingerprint density at radius 1 is 1.30 bits per heavy atom. The number of ether oxygens (including phenoxy) is 2. The average Bonchev–Trinajstić information content (AvgIpc) is 3.34. The number of hydrogen-bond donors (Lipinski definition) is 0. The molecular weight excluding hydrogens is 390 g/mol. The highest BCUT2D eigenvalue weighted by molar-refractivity contribution is 8.18. The van der Waals surface area contributed by atoms with Crippen molar-refractivity contribution in [1.82, 2.24) is 4.90 Å². The first-order valence-electron chi connectivity index (χ1n) is 8.06. The molecule has 0 atom stereocenters. The fourth-order valence-electron chi connectivity index (χ4n) is 2.73. The zero-order valence-corrected chi connectivity index (χ0v) is 15.8. The SMILES string of the molecule is CC(/C=C1\SC(=O)N(Cc2cc3c(cc2Cl)OCO3)C1=O)=C\c1ccco1. The molecule has 4 rings (SSSR count). The summed E-state index contributed by atoms with van der Waals surface area (Å²) in [6.45, 7) is 2.03. The van der Waals surface area contributed by atoms with Gasteiger partial charge in [0.25, 0.3) is 11.1 Å². The lowest BCUT2D eigenvalue weighted by atomic mass is 10.2. The molecule has 6 nitrogen and oxygen atoms in total. The first-order valence-corrected chi connectivity index (χ1v) is 9.26. The van der Waals surface area contributed by atoms with E-state index in [2.05, 4.69) is 0 Å². The third-order valence-electron chi connectivity index (χ3n) is 4.02. The summed E-state index contributed by atoms with van der Waals surface area (Å²) in [7, 11) is 0. The number of thioether (sulfide) groups is 1. The first kappa shape index (κ1) is 17.8. The van der Waals surface area contributed by atoms with Gasteiger partial charge in [0.2, 0.25) is 6.79 Å². The van der Waals surface area contributed by atoms with Crippen LogP contribution in [0.25, 0.3) is 6.08 Å². The van der Waals surface area contributed by atoms with Crippen LogP contribution in [0, 0.1) is 0 Å². The Kier molecular flexibility index (Phi) is 4.72. The number of rotatable bonds is 4. The van der Waals surface area contributed by atoms with Gasteiger partial charge in [-0.15, -0.1) is 0 Å². The number of halogens is 1. The van der Waals surface area contributed by atoms with Gasteiger partial charge in [-0.25, -0.2) is 0 Å². The molecule has 0 aliphatic carbocycles. The molecule has 3 heterocycles. The molecule has 2 aromatic rings. The van der Waals surface area contributed by atoms with Crippen LogP contribution in [-0.2, 0) is 11.3 Å². The van der Waals surface area contributed by atoms with E-state index in [4.69, 9.17) is 25.5 Å². The van der Waals surface area contributed by atoms with Crippen LogP contribution in [0.1, 0.15) is 18.2 Å². The van der Waals surface area contributed by atoms with Crippen molar-refractivity contribution in [3.05, 3.63) is 63.4 Å². The van der Waals surface area contributed by atoms with E-state index in [-0.39, 0.29) is 24.5 Å². The topological polar surface area (TPSA) is 69.0 Å². The number of amides is 2. The molecule has 0 N–H and O–H groups in total. The Hall–Kier alpha value is -2.64. The van der Waals surface area contributed by atoms with Crippen LogP contribution in [-0.4, -0.2) is 22.8 Å². The third kappa shape index (κ3) is 3.61. The van der Waals surface area contributed by atoms with E-state index in [9.17, 15) is 9.59 Å². The quantitative estimate of drug-likeness (QED) is 0.680. The minimum atomic E-state index is -0.356. The van der Waals surface area contributed by atoms with Crippen LogP contribution in [0.5, 0.6) is 11.5 Å². The van der Waals surface area contributed by atoms with Crippen molar-refractivity contribution in [2.24, 2.45) is 0 Å². The summed E-state index contributed by atoms with van der Waals surface area (Å²) in [5, 5.41) is 0.0713. The number of nitrogens with zero attached hydrogens (tertiary/aromatic N) is 1. The smallest absolute Gasteiger partial charge is 0.293 e. The van der Waals surface area contributed by atoms with E-state index in [1.165, 1.54) is 4.90 Å². The molecule has 27 heavy (non-hydrogen) atoms. The minimum Gasteiger partial charge on any atom is -0.465 e. The molecule has 1 aromatic carbocycles. The van der Waals surface area contributed by atoms with E-state index < -0.39 is 0 Å². The van der Waals surface area contributed by atoms with Gasteiger partial charge in [-0.3, -0.25) is 14.5 Å². The van der Waals surface area contributed by atoms with Gasteiger partial charge in [0.05, 0.1) is 17.7 Å². The predicted molar refractivity (Wildman–Crippen MR) is 102 cm³/mol. The van der Waals surface area contributed by atoms with E-state index in [1.807, 2.05) is 13.0 Å². The highest BCUT2D eigenvalue weighted by Gasteiger charge is 2.35. The maximum absolute atomic E-state index is 12.7. The van der Waals surface area contributed by atoms with Gasteiger partial charge >= 0.3 is 0 Å². The second-order valence-electron chi connectivity index (χ2n) is 5.97. The first-order chi connectivity index (χ1) is 13.0. The summed E-state index contributed by atoms with van der Waals surface area (Å²) in [6.07, 6.45) is 5.04. The van der Waals surface area contributed by atoms with Gasteiger partial charge in [0.15, 0.2) is 11.5 Å². The second-order valence-corrected chi connectivity index (χ2v) is 7.37. The Bertz CT molecular complexity index is 980. The van der Waals surface area contributed by atoms with Crippen molar-refractivity contribution < 1.29 is 23.5 Å². The van der Waals surface area contributed by atoms with Gasteiger partial charge in [0, 0.05) is 11.1 Å².